The van der Waals surface area contributed by atoms with Gasteiger partial charge in [0, 0.05) is 6.61 Å². The van der Waals surface area contributed by atoms with Gasteiger partial charge < -0.3 is 4.74 Å². The van der Waals surface area contributed by atoms with Crippen molar-refractivity contribution in [3.05, 3.63) is 0 Å². The first kappa shape index (κ1) is 26.6. The topological polar surface area (TPSA) is 9.23 Å². The molecule has 5 saturated carbocycles. The Labute approximate surface area is 219 Å². The van der Waals surface area contributed by atoms with Gasteiger partial charge in [0.1, 0.15) is 0 Å². The van der Waals surface area contributed by atoms with Gasteiger partial charge in [0.2, 0.25) is 0 Å². The van der Waals surface area contributed by atoms with E-state index in [1.54, 1.807) is 6.42 Å². The molecule has 0 N–H and O–H groups in total. The van der Waals surface area contributed by atoms with Gasteiger partial charge >= 0.3 is 0 Å². The van der Waals surface area contributed by atoms with E-state index < -0.39 is 0 Å². The van der Waals surface area contributed by atoms with Crippen LogP contribution in [0.3, 0.4) is 0 Å². The van der Waals surface area contributed by atoms with E-state index in [1.807, 2.05) is 0 Å². The van der Waals surface area contributed by atoms with Crippen molar-refractivity contribution < 1.29 is 4.74 Å². The third-order valence-corrected chi connectivity index (χ3v) is 13.1. The second kappa shape index (κ2) is 11.0. The van der Waals surface area contributed by atoms with Gasteiger partial charge in [-0.1, -0.05) is 73.1 Å². The normalized spacial score (nSPS) is 45.1. The lowest BCUT2D eigenvalue weighted by Crippen LogP contribution is -2.54. The van der Waals surface area contributed by atoms with Gasteiger partial charge in [0.05, 0.1) is 6.10 Å². The summed E-state index contributed by atoms with van der Waals surface area (Å²) in [4.78, 5) is 0. The van der Waals surface area contributed by atoms with Gasteiger partial charge in [-0.3, -0.25) is 0 Å². The molecule has 5 aliphatic rings. The molecule has 0 heterocycles. The van der Waals surface area contributed by atoms with Crippen LogP contribution in [-0.4, -0.2) is 12.7 Å². The molecule has 1 nitrogen and oxygen atoms in total. The smallest absolute Gasteiger partial charge is 0.0578 e. The minimum absolute atomic E-state index is 0.572. The standard InChI is InChI=1S/C34H60O/c1-24(2)10-9-11-25(3)30-16-17-31-29-15-14-27-22-28(35-23-26-12-7-6-8-13-26)18-20-33(27,4)32(29)19-21-34(30,31)5/h24-32H,6-23H2,1-5H3/t25-,27+,28+,29+,30-,31+,32+,33+,34-/m1/s1. The van der Waals surface area contributed by atoms with Crippen molar-refractivity contribution in [1.82, 2.24) is 0 Å². The lowest BCUT2D eigenvalue weighted by molar-refractivity contribution is -0.139. The highest BCUT2D eigenvalue weighted by atomic mass is 16.5. The van der Waals surface area contributed by atoms with Gasteiger partial charge in [-0.15, -0.1) is 0 Å². The predicted molar refractivity (Wildman–Crippen MR) is 149 cm³/mol. The first-order valence-corrected chi connectivity index (χ1v) is 16.4. The van der Waals surface area contributed by atoms with Crippen molar-refractivity contribution in [3.63, 3.8) is 0 Å². The monoisotopic (exact) mass is 484 g/mol. The van der Waals surface area contributed by atoms with Crippen molar-refractivity contribution in [2.24, 2.45) is 58.2 Å². The van der Waals surface area contributed by atoms with Crippen LogP contribution in [-0.2, 0) is 4.74 Å². The van der Waals surface area contributed by atoms with Gasteiger partial charge in [-0.05, 0) is 129 Å². The van der Waals surface area contributed by atoms with Crippen LogP contribution in [0.15, 0.2) is 0 Å². The third kappa shape index (κ3) is 5.29. The SMILES string of the molecule is CC(C)CCC[C@@H](C)[C@H]1CC[C@H]2[C@@H]3CC[C@H]4C[C@@H](OCC5CCCCC5)CC[C@]4(C)[C@H]3CC[C@]12C. The minimum atomic E-state index is 0.572. The van der Waals surface area contributed by atoms with E-state index in [1.165, 1.54) is 103 Å². The van der Waals surface area contributed by atoms with Crippen molar-refractivity contribution in [2.75, 3.05) is 6.61 Å². The lowest BCUT2D eigenvalue weighted by atomic mass is 9.44. The van der Waals surface area contributed by atoms with E-state index in [2.05, 4.69) is 34.6 Å². The number of fused-ring (bicyclic) bond motifs is 5. The largest absolute Gasteiger partial charge is 0.378 e. The van der Waals surface area contributed by atoms with E-state index in [-0.39, 0.29) is 0 Å². The van der Waals surface area contributed by atoms with Crippen molar-refractivity contribution in [2.45, 2.75) is 150 Å². The molecule has 0 aromatic heterocycles. The molecule has 5 fully saturated rings. The van der Waals surface area contributed by atoms with Crippen LogP contribution in [0.1, 0.15) is 144 Å². The summed E-state index contributed by atoms with van der Waals surface area (Å²) in [5.74, 6) is 7.66. The first-order valence-electron chi connectivity index (χ1n) is 16.4. The Morgan fingerprint density at radius 3 is 2.26 bits per heavy atom. The molecule has 1 heteroatoms. The molecule has 0 radical (unpaired) electrons. The van der Waals surface area contributed by atoms with Crippen molar-refractivity contribution in [1.29, 1.82) is 0 Å². The van der Waals surface area contributed by atoms with Crippen molar-refractivity contribution >= 4 is 0 Å². The molecular weight excluding hydrogens is 424 g/mol. The van der Waals surface area contributed by atoms with Gasteiger partial charge in [0.15, 0.2) is 0 Å². The Morgan fingerprint density at radius 2 is 1.49 bits per heavy atom. The van der Waals surface area contributed by atoms with Crippen LogP contribution in [0.5, 0.6) is 0 Å². The zero-order chi connectivity index (χ0) is 24.6. The Hall–Kier alpha value is -0.0400. The molecule has 0 amide bonds. The molecule has 0 aliphatic heterocycles. The summed E-state index contributed by atoms with van der Waals surface area (Å²) in [6.07, 6.45) is 25.5. The molecule has 0 spiro atoms. The van der Waals surface area contributed by atoms with E-state index >= 15 is 0 Å². The van der Waals surface area contributed by atoms with Crippen LogP contribution < -0.4 is 0 Å². The molecule has 35 heavy (non-hydrogen) atoms. The molecule has 202 valence electrons. The highest BCUT2D eigenvalue weighted by molar-refractivity contribution is 5.09. The van der Waals surface area contributed by atoms with Gasteiger partial charge in [-0.25, -0.2) is 0 Å². The van der Waals surface area contributed by atoms with E-state index in [4.69, 9.17) is 4.74 Å². The fourth-order valence-corrected chi connectivity index (χ4v) is 11.0. The molecule has 5 aliphatic carbocycles. The van der Waals surface area contributed by atoms with E-state index in [0.29, 0.717) is 16.9 Å². The molecule has 9 atom stereocenters. The Bertz CT molecular complexity index is 678. The number of ether oxygens (including phenoxy) is 1. The summed E-state index contributed by atoms with van der Waals surface area (Å²) in [5.41, 5.74) is 1.25. The Morgan fingerprint density at radius 1 is 0.743 bits per heavy atom. The average molecular weight is 485 g/mol. The van der Waals surface area contributed by atoms with Gasteiger partial charge in [0.25, 0.3) is 0 Å². The maximum atomic E-state index is 6.63. The second-order valence-electron chi connectivity index (χ2n) is 15.4. The fraction of sp³-hybridized carbons (Fsp3) is 1.00. The molecule has 0 aromatic rings. The van der Waals surface area contributed by atoms with Crippen LogP contribution >= 0.6 is 0 Å². The Balaban J connectivity index is 1.18. The number of hydrogen-bond donors (Lipinski definition) is 0. The van der Waals surface area contributed by atoms with Crippen LogP contribution in [0.25, 0.3) is 0 Å². The maximum absolute atomic E-state index is 6.63. The summed E-state index contributed by atoms with van der Waals surface area (Å²) in [5, 5.41) is 0. The molecule has 5 rings (SSSR count). The number of hydrogen-bond acceptors (Lipinski definition) is 1. The summed E-state index contributed by atoms with van der Waals surface area (Å²) in [6.45, 7) is 14.0. The highest BCUT2D eigenvalue weighted by Crippen LogP contribution is 2.68. The summed E-state index contributed by atoms with van der Waals surface area (Å²) < 4.78 is 6.63. The summed E-state index contributed by atoms with van der Waals surface area (Å²) in [6, 6.07) is 0. The van der Waals surface area contributed by atoms with Crippen LogP contribution in [0, 0.1) is 58.2 Å². The molecule has 0 unspecified atom stereocenters. The molecule has 0 bridgehead atoms. The third-order valence-electron chi connectivity index (χ3n) is 13.1. The van der Waals surface area contributed by atoms with Crippen LogP contribution in [0.4, 0.5) is 0 Å². The average Bonchev–Trinajstić information content (AvgIpc) is 3.20. The Kier molecular flexibility index (Phi) is 8.33. The molecular formula is C34H60O. The molecule has 0 aromatic carbocycles. The minimum Gasteiger partial charge on any atom is -0.378 e. The summed E-state index contributed by atoms with van der Waals surface area (Å²) in [7, 11) is 0. The zero-order valence-electron chi connectivity index (χ0n) is 24.3. The second-order valence-corrected chi connectivity index (χ2v) is 15.4. The molecule has 0 saturated heterocycles. The van der Waals surface area contributed by atoms with E-state index in [9.17, 15) is 0 Å². The quantitative estimate of drug-likeness (QED) is 0.333. The highest BCUT2D eigenvalue weighted by Gasteiger charge is 2.60. The maximum Gasteiger partial charge on any atom is 0.0578 e. The summed E-state index contributed by atoms with van der Waals surface area (Å²) >= 11 is 0. The van der Waals surface area contributed by atoms with Crippen molar-refractivity contribution in [3.8, 4) is 0 Å². The van der Waals surface area contributed by atoms with Crippen LogP contribution in [0.2, 0.25) is 0 Å². The predicted octanol–water partition coefficient (Wildman–Crippen LogP) is 10.1. The van der Waals surface area contributed by atoms with E-state index in [0.717, 1.165) is 54.0 Å². The first-order chi connectivity index (χ1) is 16.8. The lowest BCUT2D eigenvalue weighted by Gasteiger charge is -2.61. The number of rotatable bonds is 8. The fourth-order valence-electron chi connectivity index (χ4n) is 11.0. The zero-order valence-corrected chi connectivity index (χ0v) is 24.3. The van der Waals surface area contributed by atoms with Gasteiger partial charge in [-0.2, -0.15) is 0 Å².